The van der Waals surface area contributed by atoms with Crippen LogP contribution in [0.4, 0.5) is 0 Å². The molecule has 11 rings (SSSR count). The minimum absolute atomic E-state index is 0.0388. The number of ether oxygens (including phenoxy) is 3. The summed E-state index contributed by atoms with van der Waals surface area (Å²) in [5, 5.41) is 54.2. The van der Waals surface area contributed by atoms with Crippen LogP contribution in [-0.2, 0) is 23.8 Å². The van der Waals surface area contributed by atoms with Crippen molar-refractivity contribution in [3.8, 4) is 11.8 Å². The first-order valence-corrected chi connectivity index (χ1v) is 21.2. The molecule has 300 valence electrons. The SMILES string of the molecule is COCCCO[C@H]1CC[C@@]2(C)[C@@H](C1)C(=O)C1=C3[C@@]24C#CC[C@H]2CN2C(=O)[C@@H]2N[C@]5(O)C=C[C@H]2[C@@H]2[C@@H](C)[C@H](O[C@@H]25)[C@@H](O)[C@@](C)(O)[C@H]2C[C@@H](CC1)[C@]3(O)[C@]2(C)CC4. The number of piperidine rings is 1. The van der Waals surface area contributed by atoms with Crippen molar-refractivity contribution >= 4 is 11.7 Å². The topological polar surface area (TPSA) is 158 Å². The maximum absolute atomic E-state index is 15.0. The van der Waals surface area contributed by atoms with Crippen LogP contribution in [0.3, 0.4) is 0 Å². The van der Waals surface area contributed by atoms with Gasteiger partial charge in [0.25, 0.3) is 0 Å². The summed E-state index contributed by atoms with van der Waals surface area (Å²) in [6.45, 7) is 9.81. The molecule has 6 fully saturated rings. The van der Waals surface area contributed by atoms with E-state index < -0.39 is 63.4 Å². The molecule has 0 unspecified atom stereocenters. The minimum atomic E-state index is -1.68. The van der Waals surface area contributed by atoms with E-state index in [1.807, 2.05) is 17.9 Å². The highest BCUT2D eigenvalue weighted by molar-refractivity contribution is 6.01. The number of nitrogens with zero attached hydrogens (tertiary/aromatic N) is 1. The Balaban J connectivity index is 1.10. The Morgan fingerprint density at radius 2 is 1.85 bits per heavy atom. The lowest BCUT2D eigenvalue weighted by Gasteiger charge is -2.67. The van der Waals surface area contributed by atoms with Crippen LogP contribution in [0.5, 0.6) is 0 Å². The third-order valence-electron chi connectivity index (χ3n) is 17.8. The summed E-state index contributed by atoms with van der Waals surface area (Å²) in [4.78, 5) is 31.0. The Kier molecular flexibility index (Phi) is 8.09. The van der Waals surface area contributed by atoms with Gasteiger partial charge in [-0.2, -0.15) is 0 Å². The second kappa shape index (κ2) is 12.0. The molecule has 5 N–H and O–H groups in total. The van der Waals surface area contributed by atoms with Gasteiger partial charge >= 0.3 is 0 Å². The molecular formula is C44H60N2O9. The van der Waals surface area contributed by atoms with E-state index in [9.17, 15) is 30.0 Å². The molecule has 1 amide bonds. The quantitative estimate of drug-likeness (QED) is 0.122. The summed E-state index contributed by atoms with van der Waals surface area (Å²) < 4.78 is 18.2. The fourth-order valence-corrected chi connectivity index (χ4v) is 14.8. The molecule has 11 heteroatoms. The summed E-state index contributed by atoms with van der Waals surface area (Å²) in [5.74, 6) is 5.70. The summed E-state index contributed by atoms with van der Waals surface area (Å²) in [7, 11) is 1.69. The zero-order valence-electron chi connectivity index (χ0n) is 33.1. The van der Waals surface area contributed by atoms with Gasteiger partial charge in [-0.15, -0.1) is 5.92 Å². The van der Waals surface area contributed by atoms with Crippen molar-refractivity contribution in [2.24, 2.45) is 51.8 Å². The van der Waals surface area contributed by atoms with Crippen molar-refractivity contribution in [1.29, 1.82) is 0 Å². The Labute approximate surface area is 324 Å². The Morgan fingerprint density at radius 1 is 1.05 bits per heavy atom. The van der Waals surface area contributed by atoms with E-state index >= 15 is 0 Å². The Morgan fingerprint density at radius 3 is 2.64 bits per heavy atom. The van der Waals surface area contributed by atoms with Crippen molar-refractivity contribution in [2.45, 2.75) is 145 Å². The lowest BCUT2D eigenvalue weighted by Crippen LogP contribution is -2.71. The van der Waals surface area contributed by atoms with Crippen LogP contribution in [0.25, 0.3) is 0 Å². The van der Waals surface area contributed by atoms with Gasteiger partial charge in [0.15, 0.2) is 11.5 Å². The van der Waals surface area contributed by atoms with Crippen LogP contribution in [0.1, 0.15) is 91.9 Å². The molecule has 18 atom stereocenters. The first kappa shape index (κ1) is 37.2. The molecule has 0 aromatic rings. The van der Waals surface area contributed by atoms with Gasteiger partial charge in [0.05, 0.1) is 40.9 Å². The Hall–Kier alpha value is -2.14. The fraction of sp³-hybridized carbons (Fsp3) is 0.818. The van der Waals surface area contributed by atoms with Crippen LogP contribution >= 0.6 is 0 Å². The van der Waals surface area contributed by atoms with E-state index in [0.717, 1.165) is 30.4 Å². The molecule has 0 aromatic carbocycles. The van der Waals surface area contributed by atoms with E-state index in [2.05, 4.69) is 31.0 Å². The van der Waals surface area contributed by atoms with E-state index in [4.69, 9.17) is 14.2 Å². The number of methoxy groups -OCH3 is 1. The zero-order valence-corrected chi connectivity index (χ0v) is 33.1. The first-order chi connectivity index (χ1) is 26.1. The van der Waals surface area contributed by atoms with E-state index in [-0.39, 0.29) is 53.4 Å². The maximum atomic E-state index is 15.0. The monoisotopic (exact) mass is 760 g/mol. The number of rotatable bonds is 5. The average molecular weight is 761 g/mol. The van der Waals surface area contributed by atoms with Gasteiger partial charge in [-0.25, -0.2) is 0 Å². The predicted octanol–water partition coefficient (Wildman–Crippen LogP) is 2.64. The highest BCUT2D eigenvalue weighted by Crippen LogP contribution is 2.77. The summed E-state index contributed by atoms with van der Waals surface area (Å²) >= 11 is 0. The first-order valence-electron chi connectivity index (χ1n) is 21.2. The predicted molar refractivity (Wildman–Crippen MR) is 200 cm³/mol. The van der Waals surface area contributed by atoms with Crippen molar-refractivity contribution in [3.63, 3.8) is 0 Å². The number of aliphatic hydroxyl groups excluding tert-OH is 1. The summed E-state index contributed by atoms with van der Waals surface area (Å²) in [6, 6.07) is -0.698. The van der Waals surface area contributed by atoms with Crippen molar-refractivity contribution in [1.82, 2.24) is 10.2 Å². The van der Waals surface area contributed by atoms with Gasteiger partial charge in [0, 0.05) is 56.5 Å². The maximum Gasteiger partial charge on any atom is 0.240 e. The highest BCUT2D eigenvalue weighted by atomic mass is 16.5. The molecule has 3 saturated carbocycles. The van der Waals surface area contributed by atoms with Crippen LogP contribution < -0.4 is 5.32 Å². The largest absolute Gasteiger partial charge is 0.387 e. The second-order valence-corrected chi connectivity index (χ2v) is 20.1. The average Bonchev–Trinajstić information content (AvgIpc) is 3.77. The van der Waals surface area contributed by atoms with Gasteiger partial charge in [-0.05, 0) is 105 Å². The minimum Gasteiger partial charge on any atom is -0.387 e. The molecule has 0 spiro atoms. The number of carbonyl (C=O) groups is 2. The number of aliphatic hydroxyl groups is 4. The molecule has 0 aromatic heterocycles. The van der Waals surface area contributed by atoms with Gasteiger partial charge in [-0.1, -0.05) is 32.8 Å². The third kappa shape index (κ3) is 4.58. The van der Waals surface area contributed by atoms with Crippen molar-refractivity contribution in [3.05, 3.63) is 23.3 Å². The third-order valence-corrected chi connectivity index (χ3v) is 17.8. The highest BCUT2D eigenvalue weighted by Gasteiger charge is 2.78. The molecule has 5 heterocycles. The number of hydrogen-bond donors (Lipinski definition) is 5. The van der Waals surface area contributed by atoms with Crippen LogP contribution in [0.2, 0.25) is 0 Å². The molecule has 5 aliphatic heterocycles. The van der Waals surface area contributed by atoms with Gasteiger partial charge in [0.1, 0.15) is 12.2 Å². The lowest BCUT2D eigenvalue weighted by molar-refractivity contribution is -0.213. The molecule has 11 aliphatic rings. The number of nitrogens with one attached hydrogen (secondary N) is 1. The lowest BCUT2D eigenvalue weighted by atomic mass is 9.37. The molecule has 3 saturated heterocycles. The number of hydrogen-bond acceptors (Lipinski definition) is 10. The fourth-order valence-electron chi connectivity index (χ4n) is 14.8. The number of ketones is 1. The van der Waals surface area contributed by atoms with E-state index in [1.165, 1.54) is 0 Å². The number of carbonyl (C=O) groups excluding carboxylic acids is 2. The zero-order chi connectivity index (χ0) is 38.7. The number of allylic oxidation sites excluding steroid dienone is 1. The normalized spacial score (nSPS) is 55.5. The van der Waals surface area contributed by atoms with Gasteiger partial charge in [0.2, 0.25) is 5.91 Å². The number of fused-ring (bicyclic) bond motifs is 3. The summed E-state index contributed by atoms with van der Waals surface area (Å²) in [6.07, 6.45) is 7.07. The summed E-state index contributed by atoms with van der Waals surface area (Å²) in [5.41, 5.74) is -5.32. The molecular weight excluding hydrogens is 700 g/mol. The van der Waals surface area contributed by atoms with Gasteiger partial charge in [-0.3, -0.25) is 14.9 Å². The van der Waals surface area contributed by atoms with Crippen LogP contribution in [-0.4, -0.2) is 117 Å². The molecule has 9 bridgehead atoms. The second-order valence-electron chi connectivity index (χ2n) is 20.1. The molecule has 55 heavy (non-hydrogen) atoms. The van der Waals surface area contributed by atoms with Crippen molar-refractivity contribution < 1.29 is 44.2 Å². The Bertz CT molecular complexity index is 1820. The van der Waals surface area contributed by atoms with Crippen LogP contribution in [0.15, 0.2) is 23.3 Å². The molecule has 6 aliphatic carbocycles. The molecule has 0 radical (unpaired) electrons. The van der Waals surface area contributed by atoms with Crippen LogP contribution in [0, 0.1) is 63.6 Å². The van der Waals surface area contributed by atoms with Gasteiger partial charge < -0.3 is 39.5 Å². The molecule has 11 nitrogen and oxygen atoms in total. The number of Topliss-reactive ketones (excluding diaryl/α,β-unsaturated/α-hetero) is 1. The van der Waals surface area contributed by atoms with Crippen molar-refractivity contribution in [2.75, 3.05) is 26.9 Å². The smallest absolute Gasteiger partial charge is 0.240 e. The number of amides is 1. The van der Waals surface area contributed by atoms with E-state index in [1.54, 1.807) is 20.1 Å². The standard InChI is InChI=1S/C44H60N2O9/c1-23-31-27-12-15-43(51)37(31)55-34(23)36(48)41(4,50)30-20-24-9-10-28-33(47)29-21-26(54-19-7-18-53-5)11-14-39(29,2)42(17-16-40(30,3)44(24,52)35(28)42)13-6-8-25-22-46(25)38(49)32(27)45-43/h12,15,23-27,29-32,34,36-37,45,48,50-52H,7-11,14,16-22H2,1-5H3/t23-,24-,25+,26+,27+,29+,30+,31+,32-,34+,36-,37+,39+,40-,41+,42+,43+,44-,46?/m1/s1. The van der Waals surface area contributed by atoms with E-state index in [0.29, 0.717) is 64.7 Å².